The molecule has 0 unspecified atom stereocenters. The molecule has 0 amide bonds. The topological polar surface area (TPSA) is 53.6 Å². The summed E-state index contributed by atoms with van der Waals surface area (Å²) in [5.74, 6) is 0. The van der Waals surface area contributed by atoms with Crippen LogP contribution in [0.5, 0.6) is 0 Å². The van der Waals surface area contributed by atoms with Gasteiger partial charge in [0.15, 0.2) is 0 Å². The number of fused-ring (bicyclic) bond motifs is 1. The Bertz CT molecular complexity index is 570. The SMILES string of the molecule is CNC1(c2ncnc3[nH]cc(Cl)c23)CCCCCC1. The van der Waals surface area contributed by atoms with Gasteiger partial charge in [0.1, 0.15) is 12.0 Å². The summed E-state index contributed by atoms with van der Waals surface area (Å²) >= 11 is 6.32. The molecule has 0 aromatic carbocycles. The summed E-state index contributed by atoms with van der Waals surface area (Å²) in [5.41, 5.74) is 1.81. The van der Waals surface area contributed by atoms with Crippen molar-refractivity contribution in [3.8, 4) is 0 Å². The third-order valence-electron chi connectivity index (χ3n) is 4.31. The minimum absolute atomic E-state index is 0.0659. The predicted octanol–water partition coefficient (Wildman–Crippen LogP) is 3.38. The molecule has 1 aliphatic carbocycles. The fraction of sp³-hybridized carbons (Fsp3) is 0.571. The quantitative estimate of drug-likeness (QED) is 0.828. The Hall–Kier alpha value is -1.13. The Labute approximate surface area is 118 Å². The average Bonchev–Trinajstić information content (AvgIpc) is 2.68. The zero-order valence-corrected chi connectivity index (χ0v) is 11.9. The van der Waals surface area contributed by atoms with E-state index in [1.807, 2.05) is 7.05 Å². The van der Waals surface area contributed by atoms with Gasteiger partial charge in [0.25, 0.3) is 0 Å². The molecule has 0 radical (unpaired) electrons. The standard InChI is InChI=1S/C14H19ClN4/c1-16-14(6-4-2-3-5-7-14)12-11-10(15)8-17-13(11)19-9-18-12/h8-9,16H,2-7H2,1H3,(H,17,18,19). The molecular weight excluding hydrogens is 260 g/mol. The van der Waals surface area contributed by atoms with Crippen molar-refractivity contribution in [2.45, 2.75) is 44.1 Å². The van der Waals surface area contributed by atoms with Gasteiger partial charge in [-0.25, -0.2) is 9.97 Å². The second-order valence-electron chi connectivity index (χ2n) is 5.33. The Morgan fingerprint density at radius 2 is 1.95 bits per heavy atom. The number of hydrogen-bond donors (Lipinski definition) is 2. The van der Waals surface area contributed by atoms with Crippen molar-refractivity contribution in [1.82, 2.24) is 20.3 Å². The lowest BCUT2D eigenvalue weighted by Crippen LogP contribution is -2.40. The van der Waals surface area contributed by atoms with E-state index in [0.717, 1.165) is 29.6 Å². The van der Waals surface area contributed by atoms with Crippen LogP contribution in [-0.2, 0) is 5.54 Å². The van der Waals surface area contributed by atoms with Gasteiger partial charge < -0.3 is 10.3 Å². The van der Waals surface area contributed by atoms with Crippen LogP contribution in [0, 0.1) is 0 Å². The number of aromatic nitrogens is 3. The van der Waals surface area contributed by atoms with Crippen LogP contribution in [0.3, 0.4) is 0 Å². The van der Waals surface area contributed by atoms with Crippen LogP contribution in [-0.4, -0.2) is 22.0 Å². The molecule has 0 saturated heterocycles. The van der Waals surface area contributed by atoms with Gasteiger partial charge in [0.2, 0.25) is 0 Å². The van der Waals surface area contributed by atoms with Crippen molar-refractivity contribution < 1.29 is 0 Å². The number of nitrogens with one attached hydrogen (secondary N) is 2. The largest absolute Gasteiger partial charge is 0.344 e. The molecule has 3 rings (SSSR count). The van der Waals surface area contributed by atoms with E-state index >= 15 is 0 Å². The van der Waals surface area contributed by atoms with E-state index in [-0.39, 0.29) is 5.54 Å². The number of hydrogen-bond acceptors (Lipinski definition) is 3. The molecule has 2 aromatic rings. The van der Waals surface area contributed by atoms with Gasteiger partial charge >= 0.3 is 0 Å². The average molecular weight is 279 g/mol. The second-order valence-corrected chi connectivity index (χ2v) is 5.74. The van der Waals surface area contributed by atoms with Gasteiger partial charge in [0, 0.05) is 6.20 Å². The zero-order valence-electron chi connectivity index (χ0n) is 11.2. The molecule has 4 nitrogen and oxygen atoms in total. The highest BCUT2D eigenvalue weighted by Gasteiger charge is 2.35. The summed E-state index contributed by atoms with van der Waals surface area (Å²) in [6, 6.07) is 0. The van der Waals surface area contributed by atoms with Gasteiger partial charge in [-0.15, -0.1) is 0 Å². The molecule has 2 heterocycles. The highest BCUT2D eigenvalue weighted by Crippen LogP contribution is 2.39. The normalized spacial score (nSPS) is 19.5. The Morgan fingerprint density at radius 3 is 2.63 bits per heavy atom. The Morgan fingerprint density at radius 1 is 1.21 bits per heavy atom. The first-order valence-electron chi connectivity index (χ1n) is 6.94. The fourth-order valence-corrected chi connectivity index (χ4v) is 3.46. The summed E-state index contributed by atoms with van der Waals surface area (Å²) in [6.07, 6.45) is 10.7. The molecule has 0 aliphatic heterocycles. The van der Waals surface area contributed by atoms with E-state index in [2.05, 4.69) is 20.3 Å². The predicted molar refractivity (Wildman–Crippen MR) is 77.3 cm³/mol. The van der Waals surface area contributed by atoms with Gasteiger partial charge in [-0.2, -0.15) is 0 Å². The first-order valence-corrected chi connectivity index (χ1v) is 7.32. The molecule has 1 saturated carbocycles. The van der Waals surface area contributed by atoms with Crippen LogP contribution >= 0.6 is 11.6 Å². The molecule has 5 heteroatoms. The van der Waals surface area contributed by atoms with Crippen LogP contribution in [0.1, 0.15) is 44.2 Å². The summed E-state index contributed by atoms with van der Waals surface area (Å²) in [6.45, 7) is 0. The molecule has 19 heavy (non-hydrogen) atoms. The number of aromatic amines is 1. The van der Waals surface area contributed by atoms with E-state index in [0.29, 0.717) is 5.02 Å². The molecule has 2 N–H and O–H groups in total. The maximum atomic E-state index is 6.32. The van der Waals surface area contributed by atoms with Crippen molar-refractivity contribution in [2.24, 2.45) is 0 Å². The van der Waals surface area contributed by atoms with Crippen LogP contribution in [0.4, 0.5) is 0 Å². The fourth-order valence-electron chi connectivity index (χ4n) is 3.23. The molecule has 0 atom stereocenters. The summed E-state index contributed by atoms with van der Waals surface area (Å²) < 4.78 is 0. The minimum atomic E-state index is -0.0659. The summed E-state index contributed by atoms with van der Waals surface area (Å²) in [5, 5.41) is 5.21. The van der Waals surface area contributed by atoms with Crippen molar-refractivity contribution in [3.05, 3.63) is 23.2 Å². The van der Waals surface area contributed by atoms with Crippen LogP contribution in [0.25, 0.3) is 11.0 Å². The van der Waals surface area contributed by atoms with Gasteiger partial charge in [0.05, 0.1) is 21.6 Å². The maximum absolute atomic E-state index is 6.32. The lowest BCUT2D eigenvalue weighted by Gasteiger charge is -2.32. The van der Waals surface area contributed by atoms with Crippen LogP contribution in [0.15, 0.2) is 12.5 Å². The van der Waals surface area contributed by atoms with E-state index in [4.69, 9.17) is 11.6 Å². The molecular formula is C14H19ClN4. The van der Waals surface area contributed by atoms with E-state index in [9.17, 15) is 0 Å². The molecule has 0 spiro atoms. The maximum Gasteiger partial charge on any atom is 0.142 e. The van der Waals surface area contributed by atoms with E-state index in [1.165, 1.54) is 25.7 Å². The van der Waals surface area contributed by atoms with Gasteiger partial charge in [-0.1, -0.05) is 37.3 Å². The lowest BCUT2D eigenvalue weighted by atomic mass is 9.85. The molecule has 102 valence electrons. The van der Waals surface area contributed by atoms with Crippen LogP contribution < -0.4 is 5.32 Å². The van der Waals surface area contributed by atoms with Crippen LogP contribution in [0.2, 0.25) is 5.02 Å². The highest BCUT2D eigenvalue weighted by atomic mass is 35.5. The highest BCUT2D eigenvalue weighted by molar-refractivity contribution is 6.35. The van der Waals surface area contributed by atoms with Gasteiger partial charge in [-0.3, -0.25) is 0 Å². The summed E-state index contributed by atoms with van der Waals surface area (Å²) in [7, 11) is 2.03. The van der Waals surface area contributed by atoms with Crippen molar-refractivity contribution in [2.75, 3.05) is 7.05 Å². The lowest BCUT2D eigenvalue weighted by molar-refractivity contribution is 0.307. The number of H-pyrrole nitrogens is 1. The third-order valence-corrected chi connectivity index (χ3v) is 4.61. The van der Waals surface area contributed by atoms with E-state index < -0.39 is 0 Å². The van der Waals surface area contributed by atoms with E-state index in [1.54, 1.807) is 12.5 Å². The Kier molecular flexibility index (Phi) is 3.46. The third kappa shape index (κ3) is 2.13. The number of halogens is 1. The molecule has 0 bridgehead atoms. The minimum Gasteiger partial charge on any atom is -0.344 e. The van der Waals surface area contributed by atoms with Crippen molar-refractivity contribution in [1.29, 1.82) is 0 Å². The number of rotatable bonds is 2. The Balaban J connectivity index is 2.17. The number of nitrogens with zero attached hydrogens (tertiary/aromatic N) is 2. The monoisotopic (exact) mass is 278 g/mol. The smallest absolute Gasteiger partial charge is 0.142 e. The molecule has 2 aromatic heterocycles. The van der Waals surface area contributed by atoms with Crippen molar-refractivity contribution in [3.63, 3.8) is 0 Å². The zero-order chi connectivity index (χ0) is 13.3. The molecule has 1 aliphatic rings. The second kappa shape index (κ2) is 5.10. The first-order chi connectivity index (χ1) is 9.27. The summed E-state index contributed by atoms with van der Waals surface area (Å²) in [4.78, 5) is 12.0. The first kappa shape index (κ1) is 12.9. The van der Waals surface area contributed by atoms with Crippen molar-refractivity contribution >= 4 is 22.6 Å². The molecule has 1 fully saturated rings. The van der Waals surface area contributed by atoms with Gasteiger partial charge in [-0.05, 0) is 19.9 Å².